The van der Waals surface area contributed by atoms with Gasteiger partial charge in [-0.15, -0.1) is 0 Å². The third-order valence-electron chi connectivity index (χ3n) is 3.87. The lowest BCUT2D eigenvalue weighted by Gasteiger charge is -2.13. The van der Waals surface area contributed by atoms with E-state index in [0.29, 0.717) is 17.2 Å². The van der Waals surface area contributed by atoms with Crippen molar-refractivity contribution in [2.45, 2.75) is 6.92 Å². The zero-order valence-electron chi connectivity index (χ0n) is 15.3. The molecule has 28 heavy (non-hydrogen) atoms. The van der Waals surface area contributed by atoms with Crippen LogP contribution in [0, 0.1) is 0 Å². The molecule has 1 amide bonds. The van der Waals surface area contributed by atoms with Crippen LogP contribution in [0.15, 0.2) is 72.0 Å². The Morgan fingerprint density at radius 1 is 1.07 bits per heavy atom. The fourth-order valence-corrected chi connectivity index (χ4v) is 2.69. The molecule has 7 heteroatoms. The number of ether oxygens (including phenoxy) is 1. The molecule has 0 aliphatic carbocycles. The first-order chi connectivity index (χ1) is 13.6. The van der Waals surface area contributed by atoms with E-state index in [1.165, 1.54) is 13.3 Å². The van der Waals surface area contributed by atoms with Crippen molar-refractivity contribution in [3.8, 4) is 11.5 Å². The largest absolute Gasteiger partial charge is 0.455 e. The van der Waals surface area contributed by atoms with Gasteiger partial charge in [-0.05, 0) is 61.0 Å². The van der Waals surface area contributed by atoms with Crippen molar-refractivity contribution in [3.63, 3.8) is 0 Å². The van der Waals surface area contributed by atoms with Crippen LogP contribution in [0.4, 0.5) is 5.69 Å². The number of para-hydroxylation sites is 2. The smallest absolute Gasteiger partial charge is 0.258 e. The maximum atomic E-state index is 12.5. The van der Waals surface area contributed by atoms with Gasteiger partial charge in [0.2, 0.25) is 0 Å². The molecule has 0 aliphatic heterocycles. The number of nitrogens with one attached hydrogen (secondary N) is 1. The Balaban J connectivity index is 1.78. The summed E-state index contributed by atoms with van der Waals surface area (Å²) in [6.07, 6.45) is 1.53. The van der Waals surface area contributed by atoms with Crippen LogP contribution < -0.4 is 10.1 Å². The van der Waals surface area contributed by atoms with Crippen LogP contribution in [0.1, 0.15) is 22.8 Å². The highest BCUT2D eigenvalue weighted by Crippen LogP contribution is 2.30. The van der Waals surface area contributed by atoms with E-state index in [0.717, 1.165) is 11.3 Å². The molecular formula is C21H18ClN3O3. The molecule has 2 aromatic carbocycles. The SMILES string of the molecule is CO/N=C(\C)c1ccc(Oc2ccccc2NC(=O)c2cccnc2Cl)cc1. The van der Waals surface area contributed by atoms with E-state index in [4.69, 9.17) is 21.2 Å². The molecule has 0 saturated carbocycles. The first kappa shape index (κ1) is 19.4. The van der Waals surface area contributed by atoms with Crippen LogP contribution in [0.3, 0.4) is 0 Å². The molecule has 6 nitrogen and oxygen atoms in total. The predicted octanol–water partition coefficient (Wildman–Crippen LogP) is 5.15. The highest BCUT2D eigenvalue weighted by atomic mass is 35.5. The summed E-state index contributed by atoms with van der Waals surface area (Å²) < 4.78 is 5.94. The van der Waals surface area contributed by atoms with Crippen molar-refractivity contribution < 1.29 is 14.4 Å². The van der Waals surface area contributed by atoms with Crippen molar-refractivity contribution in [3.05, 3.63) is 83.1 Å². The molecule has 0 radical (unpaired) electrons. The maximum absolute atomic E-state index is 12.5. The summed E-state index contributed by atoms with van der Waals surface area (Å²) in [5, 5.41) is 6.85. The number of amides is 1. The van der Waals surface area contributed by atoms with E-state index in [9.17, 15) is 4.79 Å². The van der Waals surface area contributed by atoms with Crippen LogP contribution in [-0.4, -0.2) is 23.7 Å². The van der Waals surface area contributed by atoms with Crippen molar-refractivity contribution >= 4 is 28.9 Å². The number of hydrogen-bond donors (Lipinski definition) is 1. The third kappa shape index (κ3) is 4.66. The molecule has 3 aromatic rings. The molecule has 3 rings (SSSR count). The van der Waals surface area contributed by atoms with E-state index < -0.39 is 0 Å². The monoisotopic (exact) mass is 395 g/mol. The summed E-state index contributed by atoms with van der Waals surface area (Å²) in [6, 6.07) is 17.8. The molecule has 0 atom stereocenters. The fourth-order valence-electron chi connectivity index (χ4n) is 2.48. The Bertz CT molecular complexity index is 1000. The van der Waals surface area contributed by atoms with Gasteiger partial charge >= 0.3 is 0 Å². The van der Waals surface area contributed by atoms with Gasteiger partial charge in [-0.3, -0.25) is 4.79 Å². The minimum absolute atomic E-state index is 0.141. The normalized spacial score (nSPS) is 11.0. The topological polar surface area (TPSA) is 72.8 Å². The van der Waals surface area contributed by atoms with Crippen molar-refractivity contribution in [1.82, 2.24) is 4.98 Å². The first-order valence-electron chi connectivity index (χ1n) is 8.45. The molecule has 0 aliphatic rings. The molecule has 1 aromatic heterocycles. The van der Waals surface area contributed by atoms with Gasteiger partial charge in [-0.1, -0.05) is 28.9 Å². The summed E-state index contributed by atoms with van der Waals surface area (Å²) in [6.45, 7) is 1.85. The number of pyridine rings is 1. The predicted molar refractivity (Wildman–Crippen MR) is 109 cm³/mol. The lowest BCUT2D eigenvalue weighted by molar-refractivity contribution is 0.102. The average molecular weight is 396 g/mol. The van der Waals surface area contributed by atoms with E-state index in [2.05, 4.69) is 15.5 Å². The standard InChI is InChI=1S/C21H18ClN3O3/c1-14(25-27-2)15-9-11-16(12-10-15)28-19-8-4-3-7-18(19)24-21(26)17-6-5-13-23-20(17)22/h3-13H,1-2H3,(H,24,26)/b25-14+. The maximum Gasteiger partial charge on any atom is 0.258 e. The van der Waals surface area contributed by atoms with Crippen LogP contribution >= 0.6 is 11.6 Å². The number of carbonyl (C=O) groups excluding carboxylic acids is 1. The molecule has 0 fully saturated rings. The summed E-state index contributed by atoms with van der Waals surface area (Å²) in [7, 11) is 1.50. The van der Waals surface area contributed by atoms with E-state index in [-0.39, 0.29) is 16.6 Å². The number of rotatable bonds is 6. The molecule has 1 heterocycles. The second-order valence-corrected chi connectivity index (χ2v) is 6.14. The van der Waals surface area contributed by atoms with E-state index in [1.807, 2.05) is 37.3 Å². The summed E-state index contributed by atoms with van der Waals surface area (Å²) in [5.74, 6) is 0.761. The van der Waals surface area contributed by atoms with Crippen LogP contribution in [0.2, 0.25) is 5.15 Å². The number of carbonyl (C=O) groups is 1. The number of anilines is 1. The zero-order chi connectivity index (χ0) is 19.9. The molecular weight excluding hydrogens is 378 g/mol. The van der Waals surface area contributed by atoms with Gasteiger partial charge in [0.25, 0.3) is 5.91 Å². The Morgan fingerprint density at radius 2 is 1.82 bits per heavy atom. The Morgan fingerprint density at radius 3 is 2.54 bits per heavy atom. The fraction of sp³-hybridized carbons (Fsp3) is 0.0952. The Kier molecular flexibility index (Phi) is 6.24. The van der Waals surface area contributed by atoms with E-state index >= 15 is 0 Å². The Labute approximate surface area is 167 Å². The average Bonchev–Trinajstić information content (AvgIpc) is 2.70. The molecule has 0 bridgehead atoms. The Hall–Kier alpha value is -3.38. The van der Waals surface area contributed by atoms with E-state index in [1.54, 1.807) is 30.3 Å². The molecule has 1 N–H and O–H groups in total. The molecule has 142 valence electrons. The van der Waals surface area contributed by atoms with Crippen molar-refractivity contribution in [2.75, 3.05) is 12.4 Å². The molecule has 0 unspecified atom stereocenters. The highest BCUT2D eigenvalue weighted by Gasteiger charge is 2.13. The van der Waals surface area contributed by atoms with Gasteiger partial charge in [-0.25, -0.2) is 4.98 Å². The third-order valence-corrected chi connectivity index (χ3v) is 4.17. The zero-order valence-corrected chi connectivity index (χ0v) is 16.1. The van der Waals surface area contributed by atoms with Crippen LogP contribution in [-0.2, 0) is 4.84 Å². The van der Waals surface area contributed by atoms with Gasteiger partial charge in [0.05, 0.1) is 17.0 Å². The van der Waals surface area contributed by atoms with Gasteiger partial charge < -0.3 is 14.9 Å². The van der Waals surface area contributed by atoms with Gasteiger partial charge in [0, 0.05) is 6.20 Å². The number of oxime groups is 1. The van der Waals surface area contributed by atoms with Gasteiger partial charge in [-0.2, -0.15) is 0 Å². The first-order valence-corrected chi connectivity index (χ1v) is 8.83. The minimum Gasteiger partial charge on any atom is -0.455 e. The van der Waals surface area contributed by atoms with Crippen molar-refractivity contribution in [2.24, 2.45) is 5.16 Å². The number of benzene rings is 2. The lowest BCUT2D eigenvalue weighted by atomic mass is 10.1. The number of aromatic nitrogens is 1. The van der Waals surface area contributed by atoms with Gasteiger partial charge in [0.1, 0.15) is 18.0 Å². The van der Waals surface area contributed by atoms with Crippen LogP contribution in [0.25, 0.3) is 0 Å². The highest BCUT2D eigenvalue weighted by molar-refractivity contribution is 6.33. The van der Waals surface area contributed by atoms with Crippen molar-refractivity contribution in [1.29, 1.82) is 0 Å². The minimum atomic E-state index is -0.365. The van der Waals surface area contributed by atoms with Crippen LogP contribution in [0.5, 0.6) is 11.5 Å². The molecule has 0 spiro atoms. The second kappa shape index (κ2) is 9.01. The quantitative estimate of drug-likeness (QED) is 0.356. The second-order valence-electron chi connectivity index (χ2n) is 5.78. The number of hydrogen-bond acceptors (Lipinski definition) is 5. The number of halogens is 1. The summed E-state index contributed by atoms with van der Waals surface area (Å²) >= 11 is 6.00. The summed E-state index contributed by atoms with van der Waals surface area (Å²) in [5.41, 5.74) is 2.49. The number of nitrogens with zero attached hydrogens (tertiary/aromatic N) is 2. The lowest BCUT2D eigenvalue weighted by Crippen LogP contribution is -2.13. The summed E-state index contributed by atoms with van der Waals surface area (Å²) in [4.78, 5) is 21.2. The molecule has 0 saturated heterocycles. The van der Waals surface area contributed by atoms with Gasteiger partial charge in [0.15, 0.2) is 5.75 Å².